The standard InChI is InChI=1S/C20H27FO2/c1-14(9-11-18(21)16(3)13-19(22)23)8-10-17-15(2)7-6-12-20(17,4)5/h8-11,13H,6-7,12H2,1-5H3,(H,22,23)/b10-8+,14-9+,16-13+,18-11-. The highest BCUT2D eigenvalue weighted by atomic mass is 19.1. The largest absolute Gasteiger partial charge is 0.478 e. The maximum absolute atomic E-state index is 13.7. The van der Waals surface area contributed by atoms with Crippen LogP contribution in [0.4, 0.5) is 4.39 Å². The lowest BCUT2D eigenvalue weighted by Gasteiger charge is -2.32. The smallest absolute Gasteiger partial charge is 0.328 e. The molecule has 0 aromatic rings. The van der Waals surface area contributed by atoms with Crippen molar-refractivity contribution in [2.45, 2.75) is 53.9 Å². The van der Waals surface area contributed by atoms with E-state index in [1.54, 1.807) is 6.08 Å². The molecule has 0 aromatic heterocycles. The number of hydrogen-bond acceptors (Lipinski definition) is 1. The van der Waals surface area contributed by atoms with Gasteiger partial charge in [-0.05, 0) is 62.7 Å². The van der Waals surface area contributed by atoms with Gasteiger partial charge in [0.15, 0.2) is 0 Å². The van der Waals surface area contributed by atoms with Gasteiger partial charge in [-0.1, -0.05) is 43.2 Å². The second kappa shape index (κ2) is 8.09. The van der Waals surface area contributed by atoms with Crippen LogP contribution in [-0.2, 0) is 4.79 Å². The predicted molar refractivity (Wildman–Crippen MR) is 93.8 cm³/mol. The van der Waals surface area contributed by atoms with Crippen molar-refractivity contribution in [2.75, 3.05) is 0 Å². The maximum Gasteiger partial charge on any atom is 0.328 e. The Kier molecular flexibility index (Phi) is 6.74. The molecular formula is C20H27FO2. The Morgan fingerprint density at radius 2 is 1.91 bits per heavy atom. The minimum absolute atomic E-state index is 0.109. The number of carboxylic acid groups (broad SMARTS) is 1. The summed E-state index contributed by atoms with van der Waals surface area (Å²) in [7, 11) is 0. The summed E-state index contributed by atoms with van der Waals surface area (Å²) >= 11 is 0. The second-order valence-electron chi connectivity index (χ2n) is 6.86. The molecule has 3 heteroatoms. The van der Waals surface area contributed by atoms with E-state index in [0.29, 0.717) is 0 Å². The van der Waals surface area contributed by atoms with E-state index in [1.165, 1.54) is 37.0 Å². The first-order valence-electron chi connectivity index (χ1n) is 7.97. The van der Waals surface area contributed by atoms with Crippen LogP contribution in [0.2, 0.25) is 0 Å². The number of allylic oxidation sites excluding steroid dienone is 9. The molecule has 0 radical (unpaired) electrons. The van der Waals surface area contributed by atoms with Crippen LogP contribution in [0, 0.1) is 5.41 Å². The van der Waals surface area contributed by atoms with Gasteiger partial charge in [-0.3, -0.25) is 0 Å². The monoisotopic (exact) mass is 318 g/mol. The zero-order valence-corrected chi connectivity index (χ0v) is 14.7. The van der Waals surface area contributed by atoms with E-state index in [2.05, 4.69) is 26.8 Å². The van der Waals surface area contributed by atoms with Gasteiger partial charge < -0.3 is 5.11 Å². The molecule has 0 aliphatic heterocycles. The lowest BCUT2D eigenvalue weighted by atomic mass is 9.72. The van der Waals surface area contributed by atoms with Crippen molar-refractivity contribution in [1.29, 1.82) is 0 Å². The summed E-state index contributed by atoms with van der Waals surface area (Å²) < 4.78 is 13.7. The molecule has 0 heterocycles. The van der Waals surface area contributed by atoms with Crippen molar-refractivity contribution in [3.05, 3.63) is 58.5 Å². The Balaban J connectivity index is 2.90. The average molecular weight is 318 g/mol. The van der Waals surface area contributed by atoms with Gasteiger partial charge in [0.05, 0.1) is 0 Å². The summed E-state index contributed by atoms with van der Waals surface area (Å²) in [5.41, 5.74) is 4.00. The first kappa shape index (κ1) is 19.1. The third kappa shape index (κ3) is 6.01. The Morgan fingerprint density at radius 1 is 1.26 bits per heavy atom. The van der Waals surface area contributed by atoms with Crippen LogP contribution >= 0.6 is 0 Å². The molecule has 1 N–H and O–H groups in total. The SMILES string of the molecule is CC1=C(/C=C/C(C)=C/C=C(F)/C(C)=C/C(=O)O)C(C)(C)CCC1. The summed E-state index contributed by atoms with van der Waals surface area (Å²) in [6.45, 7) is 10.0. The third-order valence-electron chi connectivity index (χ3n) is 4.26. The van der Waals surface area contributed by atoms with Gasteiger partial charge in [0.25, 0.3) is 0 Å². The van der Waals surface area contributed by atoms with Gasteiger partial charge in [0.2, 0.25) is 0 Å². The van der Waals surface area contributed by atoms with Crippen LogP contribution in [0.15, 0.2) is 58.5 Å². The van der Waals surface area contributed by atoms with E-state index in [-0.39, 0.29) is 11.0 Å². The Hall–Kier alpha value is -1.90. The lowest BCUT2D eigenvalue weighted by Crippen LogP contribution is -2.19. The molecule has 0 atom stereocenters. The molecule has 0 saturated carbocycles. The highest BCUT2D eigenvalue weighted by Crippen LogP contribution is 2.40. The maximum atomic E-state index is 13.7. The number of carboxylic acids is 1. The van der Waals surface area contributed by atoms with Crippen molar-refractivity contribution >= 4 is 5.97 Å². The number of rotatable bonds is 5. The zero-order chi connectivity index (χ0) is 17.6. The van der Waals surface area contributed by atoms with Crippen LogP contribution in [0.1, 0.15) is 53.9 Å². The van der Waals surface area contributed by atoms with Gasteiger partial charge in [0, 0.05) is 6.08 Å². The molecule has 0 fully saturated rings. The van der Waals surface area contributed by atoms with Crippen LogP contribution in [0.3, 0.4) is 0 Å². The molecular weight excluding hydrogens is 291 g/mol. The molecule has 1 aliphatic rings. The van der Waals surface area contributed by atoms with Crippen molar-refractivity contribution in [2.24, 2.45) is 5.41 Å². The topological polar surface area (TPSA) is 37.3 Å². The van der Waals surface area contributed by atoms with Gasteiger partial charge >= 0.3 is 5.97 Å². The zero-order valence-electron chi connectivity index (χ0n) is 14.7. The number of aliphatic carboxylic acids is 1. The summed E-state index contributed by atoms with van der Waals surface area (Å²) in [6.07, 6.45) is 11.5. The summed E-state index contributed by atoms with van der Waals surface area (Å²) in [6, 6.07) is 0. The van der Waals surface area contributed by atoms with Gasteiger partial charge in [0.1, 0.15) is 5.83 Å². The van der Waals surface area contributed by atoms with Crippen LogP contribution in [-0.4, -0.2) is 11.1 Å². The highest BCUT2D eigenvalue weighted by Gasteiger charge is 2.26. The fraction of sp³-hybridized carbons (Fsp3) is 0.450. The van der Waals surface area contributed by atoms with Crippen LogP contribution in [0.25, 0.3) is 0 Å². The molecule has 126 valence electrons. The third-order valence-corrected chi connectivity index (χ3v) is 4.26. The van der Waals surface area contributed by atoms with Gasteiger partial charge in [-0.15, -0.1) is 0 Å². The number of halogens is 1. The van der Waals surface area contributed by atoms with Gasteiger partial charge in [-0.2, -0.15) is 0 Å². The lowest BCUT2D eigenvalue weighted by molar-refractivity contribution is -0.131. The van der Waals surface area contributed by atoms with Gasteiger partial charge in [-0.25, -0.2) is 9.18 Å². The first-order chi connectivity index (χ1) is 10.6. The summed E-state index contributed by atoms with van der Waals surface area (Å²) in [5, 5.41) is 8.61. The molecule has 0 unspecified atom stereocenters. The molecule has 0 aromatic carbocycles. The normalized spacial score (nSPS) is 20.3. The van der Waals surface area contributed by atoms with Crippen LogP contribution in [0.5, 0.6) is 0 Å². The highest BCUT2D eigenvalue weighted by molar-refractivity contribution is 5.81. The fourth-order valence-electron chi connectivity index (χ4n) is 2.87. The second-order valence-corrected chi connectivity index (χ2v) is 6.86. The Morgan fingerprint density at radius 3 is 2.48 bits per heavy atom. The van der Waals surface area contributed by atoms with Crippen molar-refractivity contribution in [3.8, 4) is 0 Å². The first-order valence-corrected chi connectivity index (χ1v) is 7.97. The Labute approximate surface area is 138 Å². The van der Waals surface area contributed by atoms with Crippen molar-refractivity contribution in [3.63, 3.8) is 0 Å². The van der Waals surface area contributed by atoms with E-state index in [4.69, 9.17) is 5.11 Å². The quantitative estimate of drug-likeness (QED) is 0.506. The predicted octanol–water partition coefficient (Wildman–Crippen LogP) is 5.90. The van der Waals surface area contributed by atoms with E-state index >= 15 is 0 Å². The minimum atomic E-state index is -1.14. The number of carbonyl (C=O) groups is 1. The minimum Gasteiger partial charge on any atom is -0.478 e. The van der Waals surface area contributed by atoms with Crippen LogP contribution < -0.4 is 0 Å². The molecule has 1 rings (SSSR count). The number of hydrogen-bond donors (Lipinski definition) is 1. The average Bonchev–Trinajstić information content (AvgIpc) is 2.42. The molecule has 2 nitrogen and oxygen atoms in total. The van der Waals surface area contributed by atoms with Crippen molar-refractivity contribution in [1.82, 2.24) is 0 Å². The molecule has 0 bridgehead atoms. The van der Waals surface area contributed by atoms with E-state index < -0.39 is 11.8 Å². The van der Waals surface area contributed by atoms with E-state index in [9.17, 15) is 9.18 Å². The molecule has 23 heavy (non-hydrogen) atoms. The Bertz CT molecular complexity index is 614. The molecule has 0 amide bonds. The molecule has 1 aliphatic carbocycles. The molecule has 0 saturated heterocycles. The van der Waals surface area contributed by atoms with E-state index in [0.717, 1.165) is 18.1 Å². The summed E-state index contributed by atoms with van der Waals surface area (Å²) in [5.74, 6) is -1.68. The fourth-order valence-corrected chi connectivity index (χ4v) is 2.87. The summed E-state index contributed by atoms with van der Waals surface area (Å²) in [4.78, 5) is 10.5. The van der Waals surface area contributed by atoms with Crippen molar-refractivity contribution < 1.29 is 14.3 Å². The van der Waals surface area contributed by atoms with E-state index in [1.807, 2.05) is 13.0 Å². The molecule has 0 spiro atoms.